The molecule has 0 aliphatic rings. The molecule has 0 nitrogen and oxygen atoms in total. The van der Waals surface area contributed by atoms with Gasteiger partial charge >= 0.3 is 0 Å². The van der Waals surface area contributed by atoms with Crippen molar-refractivity contribution in [1.82, 2.24) is 0 Å². The fourth-order valence-electron chi connectivity index (χ4n) is 2.94. The second-order valence-corrected chi connectivity index (χ2v) is 8.22. The smallest absolute Gasteiger partial charge is 0.0326 e. The fourth-order valence-corrected chi connectivity index (χ4v) is 2.94. The van der Waals surface area contributed by atoms with E-state index in [1.54, 1.807) is 0 Å². The van der Waals surface area contributed by atoms with E-state index in [0.29, 0.717) is 16.2 Å². The minimum atomic E-state index is 0.441. The summed E-state index contributed by atoms with van der Waals surface area (Å²) in [5.41, 5.74) is 1.34. The lowest BCUT2D eigenvalue weighted by Gasteiger charge is -2.41. The lowest BCUT2D eigenvalue weighted by Crippen LogP contribution is -2.30. The van der Waals surface area contributed by atoms with Gasteiger partial charge in [0.05, 0.1) is 0 Å². The molecule has 0 fully saturated rings. The lowest BCUT2D eigenvalue weighted by atomic mass is 9.65. The van der Waals surface area contributed by atoms with E-state index in [2.05, 4.69) is 62.3 Å². The normalized spacial score (nSPS) is 14.8. The summed E-state index contributed by atoms with van der Waals surface area (Å²) in [6.45, 7) is 21.4. The molecular weight excluding hydrogens is 180 g/mol. The molecule has 0 radical (unpaired) electrons. The van der Waals surface area contributed by atoms with Crippen molar-refractivity contribution in [3.05, 3.63) is 0 Å². The summed E-state index contributed by atoms with van der Waals surface area (Å²) in [6, 6.07) is 0. The van der Waals surface area contributed by atoms with Gasteiger partial charge < -0.3 is 0 Å². The van der Waals surface area contributed by atoms with Crippen LogP contribution in [0.2, 0.25) is 0 Å². The van der Waals surface area contributed by atoms with Crippen LogP contribution in [0.15, 0.2) is 0 Å². The van der Waals surface area contributed by atoms with Crippen molar-refractivity contribution in [3.8, 4) is 0 Å². The number of hydrogen-bond donors (Lipinski definition) is 0. The van der Waals surface area contributed by atoms with Gasteiger partial charge in [0.2, 0.25) is 0 Å². The van der Waals surface area contributed by atoms with Gasteiger partial charge in [-0.05, 0) is 35.0 Å². The van der Waals surface area contributed by atoms with Gasteiger partial charge in [-0.1, -0.05) is 62.3 Å². The average molecular weight is 212 g/mol. The Morgan fingerprint density at radius 2 is 1.13 bits per heavy atom. The second kappa shape index (κ2) is 4.47. The van der Waals surface area contributed by atoms with Crippen molar-refractivity contribution in [2.75, 3.05) is 0 Å². The van der Waals surface area contributed by atoms with Gasteiger partial charge in [-0.15, -0.1) is 0 Å². The van der Waals surface area contributed by atoms with Crippen LogP contribution in [0.4, 0.5) is 0 Å². The van der Waals surface area contributed by atoms with Crippen LogP contribution in [0, 0.1) is 22.2 Å². The van der Waals surface area contributed by atoms with Gasteiger partial charge in [0.15, 0.2) is 0 Å². The minimum absolute atomic E-state index is 0.441. The summed E-state index contributed by atoms with van der Waals surface area (Å²) in [4.78, 5) is 0. The van der Waals surface area contributed by atoms with Crippen molar-refractivity contribution >= 4 is 0 Å². The SMILES string of the molecule is CC(C)C(C)(C)CC(C)(C)CC(C)(C)C. The molecule has 0 aliphatic carbocycles. The molecule has 0 aromatic carbocycles. The van der Waals surface area contributed by atoms with E-state index in [-0.39, 0.29) is 0 Å². The lowest BCUT2D eigenvalue weighted by molar-refractivity contribution is 0.101. The molecule has 0 saturated carbocycles. The monoisotopic (exact) mass is 212 g/mol. The van der Waals surface area contributed by atoms with Gasteiger partial charge in [-0.3, -0.25) is 0 Å². The Labute approximate surface area is 97.8 Å². The molecule has 0 aromatic rings. The van der Waals surface area contributed by atoms with E-state index in [1.165, 1.54) is 12.8 Å². The molecule has 0 aliphatic heterocycles. The zero-order chi connectivity index (χ0) is 12.5. The Morgan fingerprint density at radius 1 is 0.733 bits per heavy atom. The predicted molar refractivity (Wildman–Crippen MR) is 71.1 cm³/mol. The molecule has 0 heterocycles. The van der Waals surface area contributed by atoms with Crippen LogP contribution in [-0.4, -0.2) is 0 Å². The van der Waals surface area contributed by atoms with Gasteiger partial charge in [0, 0.05) is 0 Å². The largest absolute Gasteiger partial charge is 0.0623 e. The highest BCUT2D eigenvalue weighted by atomic mass is 14.4. The Balaban J connectivity index is 4.51. The molecule has 0 amide bonds. The summed E-state index contributed by atoms with van der Waals surface area (Å²) in [5, 5.41) is 0. The van der Waals surface area contributed by atoms with Crippen molar-refractivity contribution < 1.29 is 0 Å². The molecule has 0 N–H and O–H groups in total. The van der Waals surface area contributed by atoms with E-state index >= 15 is 0 Å². The Bertz CT molecular complexity index is 189. The van der Waals surface area contributed by atoms with Crippen LogP contribution in [0.1, 0.15) is 75.2 Å². The molecule has 0 atom stereocenters. The molecule has 0 saturated heterocycles. The third-order valence-electron chi connectivity index (χ3n) is 3.51. The Hall–Kier alpha value is 0. The first-order valence-electron chi connectivity index (χ1n) is 6.36. The zero-order valence-electron chi connectivity index (χ0n) is 12.5. The van der Waals surface area contributed by atoms with Gasteiger partial charge in [0.25, 0.3) is 0 Å². The molecule has 15 heavy (non-hydrogen) atoms. The number of rotatable bonds is 4. The maximum absolute atomic E-state index is 2.42. The maximum Gasteiger partial charge on any atom is -0.0326 e. The maximum atomic E-state index is 2.42. The van der Waals surface area contributed by atoms with E-state index in [9.17, 15) is 0 Å². The topological polar surface area (TPSA) is 0 Å². The summed E-state index contributed by atoms with van der Waals surface area (Å²) in [6.07, 6.45) is 2.62. The van der Waals surface area contributed by atoms with Crippen molar-refractivity contribution in [1.29, 1.82) is 0 Å². The molecular formula is C15H32. The van der Waals surface area contributed by atoms with Crippen LogP contribution in [0.25, 0.3) is 0 Å². The molecule has 92 valence electrons. The summed E-state index contributed by atoms with van der Waals surface area (Å²) < 4.78 is 0. The van der Waals surface area contributed by atoms with E-state index < -0.39 is 0 Å². The van der Waals surface area contributed by atoms with Crippen LogP contribution in [-0.2, 0) is 0 Å². The van der Waals surface area contributed by atoms with Crippen molar-refractivity contribution in [3.63, 3.8) is 0 Å². The molecule has 0 spiro atoms. The first-order valence-corrected chi connectivity index (χ1v) is 6.36. The first-order chi connectivity index (χ1) is 6.36. The highest BCUT2D eigenvalue weighted by molar-refractivity contribution is 4.84. The summed E-state index contributed by atoms with van der Waals surface area (Å²) >= 11 is 0. The van der Waals surface area contributed by atoms with Gasteiger partial charge in [-0.25, -0.2) is 0 Å². The van der Waals surface area contributed by atoms with Gasteiger partial charge in [-0.2, -0.15) is 0 Å². The minimum Gasteiger partial charge on any atom is -0.0623 e. The summed E-state index contributed by atoms with van der Waals surface area (Å²) in [7, 11) is 0. The fraction of sp³-hybridized carbons (Fsp3) is 1.00. The van der Waals surface area contributed by atoms with Crippen LogP contribution in [0.5, 0.6) is 0 Å². The van der Waals surface area contributed by atoms with E-state index in [1.807, 2.05) is 0 Å². The van der Waals surface area contributed by atoms with E-state index in [4.69, 9.17) is 0 Å². The average Bonchev–Trinajstić information content (AvgIpc) is 1.75. The Morgan fingerprint density at radius 3 is 1.40 bits per heavy atom. The van der Waals surface area contributed by atoms with Crippen molar-refractivity contribution in [2.45, 2.75) is 75.2 Å². The Kier molecular flexibility index (Phi) is 4.47. The molecule has 0 heteroatoms. The van der Waals surface area contributed by atoms with Crippen molar-refractivity contribution in [2.24, 2.45) is 22.2 Å². The zero-order valence-corrected chi connectivity index (χ0v) is 12.5. The second-order valence-electron chi connectivity index (χ2n) is 8.22. The summed E-state index contributed by atoms with van der Waals surface area (Å²) in [5.74, 6) is 0.761. The van der Waals surface area contributed by atoms with Crippen LogP contribution in [0.3, 0.4) is 0 Å². The molecule has 0 rings (SSSR count). The molecule has 0 bridgehead atoms. The van der Waals surface area contributed by atoms with Crippen LogP contribution >= 0.6 is 0 Å². The quantitative estimate of drug-likeness (QED) is 0.575. The highest BCUT2D eigenvalue weighted by Crippen LogP contribution is 2.44. The van der Waals surface area contributed by atoms with Crippen LogP contribution < -0.4 is 0 Å². The third kappa shape index (κ3) is 6.22. The van der Waals surface area contributed by atoms with E-state index in [0.717, 1.165) is 5.92 Å². The first kappa shape index (κ1) is 15.0. The standard InChI is InChI=1S/C15H32/c1-12(2)15(8,9)11-14(6,7)10-13(3,4)5/h12H,10-11H2,1-9H3. The molecule has 0 unspecified atom stereocenters. The third-order valence-corrected chi connectivity index (χ3v) is 3.51. The molecule has 0 aromatic heterocycles. The predicted octanol–water partition coefficient (Wildman–Crippen LogP) is 5.52. The van der Waals surface area contributed by atoms with Gasteiger partial charge in [0.1, 0.15) is 0 Å². The highest BCUT2D eigenvalue weighted by Gasteiger charge is 2.33. The number of hydrogen-bond acceptors (Lipinski definition) is 0.